The first kappa shape index (κ1) is 15.1. The van der Waals surface area contributed by atoms with Crippen LogP contribution < -0.4 is 25.0 Å². The standard InChI is InChI=1S/C14H19N3O4/c1-17(2)6-5-15-13(18)14(19)16-8-10-3-4-11-12(7-10)21-9-20-11/h3-4,7H,5-6,8-9H2,1-2H3,(H,15,18)(H,16,19)/p+1. The summed E-state index contributed by atoms with van der Waals surface area (Å²) in [5.74, 6) is 0.0904. The smallest absolute Gasteiger partial charge is 0.309 e. The largest absolute Gasteiger partial charge is 0.454 e. The summed E-state index contributed by atoms with van der Waals surface area (Å²) >= 11 is 0. The number of hydrogen-bond acceptors (Lipinski definition) is 4. The number of amides is 2. The van der Waals surface area contributed by atoms with Crippen molar-refractivity contribution in [3.05, 3.63) is 23.8 Å². The Morgan fingerprint density at radius 3 is 2.62 bits per heavy atom. The Morgan fingerprint density at radius 2 is 1.86 bits per heavy atom. The number of quaternary nitrogens is 1. The van der Waals surface area contributed by atoms with Crippen molar-refractivity contribution in [2.45, 2.75) is 6.54 Å². The Bertz CT molecular complexity index is 531. The molecule has 0 unspecified atom stereocenters. The van der Waals surface area contributed by atoms with E-state index in [-0.39, 0.29) is 13.3 Å². The van der Waals surface area contributed by atoms with Crippen molar-refractivity contribution >= 4 is 11.8 Å². The average Bonchev–Trinajstić information content (AvgIpc) is 2.91. The fourth-order valence-corrected chi connectivity index (χ4v) is 1.82. The summed E-state index contributed by atoms with van der Waals surface area (Å²) in [4.78, 5) is 24.4. The van der Waals surface area contributed by atoms with Crippen LogP contribution in [0.1, 0.15) is 5.56 Å². The first-order chi connectivity index (χ1) is 10.1. The summed E-state index contributed by atoms with van der Waals surface area (Å²) in [5.41, 5.74) is 0.845. The van der Waals surface area contributed by atoms with Crippen LogP contribution >= 0.6 is 0 Å². The normalized spacial score (nSPS) is 12.3. The Morgan fingerprint density at radius 1 is 1.14 bits per heavy atom. The van der Waals surface area contributed by atoms with Gasteiger partial charge >= 0.3 is 11.8 Å². The van der Waals surface area contributed by atoms with Gasteiger partial charge in [-0.05, 0) is 17.7 Å². The highest BCUT2D eigenvalue weighted by atomic mass is 16.7. The number of carbonyl (C=O) groups is 2. The molecule has 1 aromatic rings. The van der Waals surface area contributed by atoms with Crippen LogP contribution in [-0.4, -0.2) is 45.8 Å². The van der Waals surface area contributed by atoms with Crippen LogP contribution in [0.15, 0.2) is 18.2 Å². The average molecular weight is 294 g/mol. The second kappa shape index (κ2) is 6.94. The zero-order valence-electron chi connectivity index (χ0n) is 12.2. The van der Waals surface area contributed by atoms with Gasteiger partial charge in [0.2, 0.25) is 6.79 Å². The van der Waals surface area contributed by atoms with Gasteiger partial charge in [-0.25, -0.2) is 0 Å². The SMILES string of the molecule is C[NH+](C)CCNC(=O)C(=O)NCc1ccc2c(c1)OCO2. The minimum Gasteiger partial charge on any atom is -0.454 e. The molecular weight excluding hydrogens is 274 g/mol. The lowest BCUT2D eigenvalue weighted by molar-refractivity contribution is -0.856. The number of rotatable bonds is 5. The predicted octanol–water partition coefficient (Wildman–Crippen LogP) is -1.71. The fraction of sp³-hybridized carbons (Fsp3) is 0.429. The second-order valence-electron chi connectivity index (χ2n) is 5.08. The topological polar surface area (TPSA) is 81.1 Å². The van der Waals surface area contributed by atoms with E-state index < -0.39 is 11.8 Å². The van der Waals surface area contributed by atoms with Crippen LogP contribution in [0.25, 0.3) is 0 Å². The maximum Gasteiger partial charge on any atom is 0.309 e. The van der Waals surface area contributed by atoms with Gasteiger partial charge in [0, 0.05) is 6.54 Å². The van der Waals surface area contributed by atoms with Gasteiger partial charge in [-0.1, -0.05) is 6.07 Å². The summed E-state index contributed by atoms with van der Waals surface area (Å²) in [7, 11) is 3.96. The van der Waals surface area contributed by atoms with Crippen molar-refractivity contribution in [2.24, 2.45) is 0 Å². The van der Waals surface area contributed by atoms with Crippen LogP contribution in [0.3, 0.4) is 0 Å². The van der Waals surface area contributed by atoms with Gasteiger partial charge in [0.15, 0.2) is 11.5 Å². The monoisotopic (exact) mass is 294 g/mol. The fourth-order valence-electron chi connectivity index (χ4n) is 1.82. The minimum atomic E-state index is -0.638. The maximum atomic E-state index is 11.6. The number of hydrogen-bond donors (Lipinski definition) is 3. The molecule has 21 heavy (non-hydrogen) atoms. The van der Waals surface area contributed by atoms with Crippen LogP contribution in [-0.2, 0) is 16.1 Å². The molecule has 7 heteroatoms. The number of fused-ring (bicyclic) bond motifs is 1. The van der Waals surface area contributed by atoms with Gasteiger partial charge in [0.25, 0.3) is 0 Å². The highest BCUT2D eigenvalue weighted by molar-refractivity contribution is 6.35. The van der Waals surface area contributed by atoms with E-state index in [4.69, 9.17) is 9.47 Å². The van der Waals surface area contributed by atoms with Gasteiger partial charge in [0.05, 0.1) is 27.2 Å². The van der Waals surface area contributed by atoms with E-state index in [2.05, 4.69) is 10.6 Å². The molecule has 0 bridgehead atoms. The molecule has 0 aromatic heterocycles. The Hall–Kier alpha value is -2.28. The van der Waals surface area contributed by atoms with E-state index in [0.29, 0.717) is 18.0 Å². The molecule has 0 aliphatic carbocycles. The van der Waals surface area contributed by atoms with Crippen LogP contribution in [0, 0.1) is 0 Å². The first-order valence-corrected chi connectivity index (χ1v) is 6.80. The third kappa shape index (κ3) is 4.35. The van der Waals surface area contributed by atoms with Gasteiger partial charge in [-0.15, -0.1) is 0 Å². The number of carbonyl (C=O) groups excluding carboxylic acids is 2. The van der Waals surface area contributed by atoms with E-state index >= 15 is 0 Å². The summed E-state index contributed by atoms with van der Waals surface area (Å²) in [5, 5.41) is 5.15. The predicted molar refractivity (Wildman–Crippen MR) is 75.1 cm³/mol. The highest BCUT2D eigenvalue weighted by Gasteiger charge is 2.15. The molecule has 1 aliphatic rings. The number of nitrogens with one attached hydrogen (secondary N) is 3. The molecule has 7 nitrogen and oxygen atoms in total. The molecule has 0 radical (unpaired) electrons. The van der Waals surface area contributed by atoms with Crippen LogP contribution in [0.2, 0.25) is 0 Å². The molecule has 1 aromatic carbocycles. The maximum absolute atomic E-state index is 11.6. The summed E-state index contributed by atoms with van der Waals surface area (Å²) in [6.45, 7) is 1.71. The third-order valence-corrected chi connectivity index (χ3v) is 3.01. The quantitative estimate of drug-likeness (QED) is 0.565. The zero-order valence-corrected chi connectivity index (χ0v) is 12.2. The number of ether oxygens (including phenoxy) is 2. The highest BCUT2D eigenvalue weighted by Crippen LogP contribution is 2.32. The lowest BCUT2D eigenvalue weighted by Gasteiger charge is -2.09. The first-order valence-electron chi connectivity index (χ1n) is 6.80. The van der Waals surface area contributed by atoms with Crippen molar-refractivity contribution in [3.8, 4) is 11.5 Å². The van der Waals surface area contributed by atoms with Gasteiger partial charge in [-0.2, -0.15) is 0 Å². The van der Waals surface area contributed by atoms with Crippen LogP contribution in [0.4, 0.5) is 0 Å². The van der Waals surface area contributed by atoms with Gasteiger partial charge in [0.1, 0.15) is 0 Å². The molecule has 0 atom stereocenters. The Kier molecular flexibility index (Phi) is 4.99. The molecule has 114 valence electrons. The van der Waals surface area contributed by atoms with Crippen LogP contribution in [0.5, 0.6) is 11.5 Å². The Balaban J connectivity index is 1.77. The van der Waals surface area contributed by atoms with Crippen molar-refractivity contribution in [2.75, 3.05) is 34.0 Å². The summed E-state index contributed by atoms with van der Waals surface area (Å²) in [6, 6.07) is 5.39. The zero-order chi connectivity index (χ0) is 15.2. The molecule has 0 saturated carbocycles. The lowest BCUT2D eigenvalue weighted by Crippen LogP contribution is -3.06. The minimum absolute atomic E-state index is 0.210. The van der Waals surface area contributed by atoms with Crippen molar-refractivity contribution < 1.29 is 24.0 Å². The molecular formula is C14H20N3O4+. The Labute approximate surface area is 123 Å². The second-order valence-corrected chi connectivity index (χ2v) is 5.08. The van der Waals surface area contributed by atoms with Gasteiger partial charge < -0.3 is 25.0 Å². The van der Waals surface area contributed by atoms with E-state index in [1.165, 1.54) is 4.90 Å². The molecule has 0 spiro atoms. The lowest BCUT2D eigenvalue weighted by atomic mass is 10.2. The molecule has 1 aliphatic heterocycles. The molecule has 2 amide bonds. The third-order valence-electron chi connectivity index (χ3n) is 3.01. The van der Waals surface area contributed by atoms with Crippen molar-refractivity contribution in [1.82, 2.24) is 10.6 Å². The van der Waals surface area contributed by atoms with E-state index in [1.54, 1.807) is 12.1 Å². The molecule has 3 N–H and O–H groups in total. The molecule has 1 heterocycles. The molecule has 2 rings (SSSR count). The van der Waals surface area contributed by atoms with Crippen molar-refractivity contribution in [3.63, 3.8) is 0 Å². The van der Waals surface area contributed by atoms with Gasteiger partial charge in [-0.3, -0.25) is 9.59 Å². The van der Waals surface area contributed by atoms with E-state index in [9.17, 15) is 9.59 Å². The van der Waals surface area contributed by atoms with Crippen molar-refractivity contribution in [1.29, 1.82) is 0 Å². The number of benzene rings is 1. The molecule has 0 saturated heterocycles. The van der Waals surface area contributed by atoms with E-state index in [1.807, 2.05) is 20.2 Å². The molecule has 0 fully saturated rings. The number of likely N-dealkylation sites (N-methyl/N-ethyl adjacent to an activating group) is 1. The summed E-state index contributed by atoms with van der Waals surface area (Å²) in [6.07, 6.45) is 0. The van der Waals surface area contributed by atoms with E-state index in [0.717, 1.165) is 12.1 Å². The summed E-state index contributed by atoms with van der Waals surface area (Å²) < 4.78 is 10.5.